The molecule has 3 heteroatoms. The maximum Gasteiger partial charge on any atom is 0.0417 e. The van der Waals surface area contributed by atoms with Gasteiger partial charge in [-0.2, -0.15) is 0 Å². The van der Waals surface area contributed by atoms with Gasteiger partial charge in [0.05, 0.1) is 0 Å². The van der Waals surface area contributed by atoms with Crippen LogP contribution in [0.3, 0.4) is 0 Å². The molecular weight excluding hydrogens is 264 g/mol. The van der Waals surface area contributed by atoms with E-state index in [1.807, 2.05) is 11.3 Å². The van der Waals surface area contributed by atoms with Gasteiger partial charge in [0.15, 0.2) is 0 Å². The van der Waals surface area contributed by atoms with Gasteiger partial charge in [-0.25, -0.2) is 0 Å². The Morgan fingerprint density at radius 3 is 3.00 bits per heavy atom. The number of hydrogen-bond donors (Lipinski definition) is 2. The Morgan fingerprint density at radius 1 is 1.30 bits per heavy atom. The van der Waals surface area contributed by atoms with Crippen LogP contribution in [-0.2, 0) is 6.54 Å². The van der Waals surface area contributed by atoms with Crippen molar-refractivity contribution in [3.05, 3.63) is 57.8 Å². The summed E-state index contributed by atoms with van der Waals surface area (Å²) in [7, 11) is 0. The van der Waals surface area contributed by atoms with Crippen LogP contribution in [0, 0.1) is 0 Å². The summed E-state index contributed by atoms with van der Waals surface area (Å²) < 4.78 is 0. The molecule has 0 fully saturated rings. The van der Waals surface area contributed by atoms with Crippen LogP contribution < -0.4 is 10.6 Å². The zero-order chi connectivity index (χ0) is 13.8. The lowest BCUT2D eigenvalue weighted by Crippen LogP contribution is -2.27. The Morgan fingerprint density at radius 2 is 2.20 bits per heavy atom. The quantitative estimate of drug-likeness (QED) is 0.887. The molecule has 20 heavy (non-hydrogen) atoms. The molecule has 2 N–H and O–H groups in total. The number of benzene rings is 1. The third-order valence-corrected chi connectivity index (χ3v) is 5.04. The Bertz CT molecular complexity index is 536. The minimum atomic E-state index is 0.452. The second kappa shape index (κ2) is 6.53. The topological polar surface area (TPSA) is 24.1 Å². The molecule has 0 aliphatic carbocycles. The van der Waals surface area contributed by atoms with E-state index in [1.165, 1.54) is 16.0 Å². The molecule has 2 nitrogen and oxygen atoms in total. The number of nitrogens with one attached hydrogen (secondary N) is 2. The highest BCUT2D eigenvalue weighted by molar-refractivity contribution is 7.10. The van der Waals surface area contributed by atoms with Crippen molar-refractivity contribution < 1.29 is 0 Å². The monoisotopic (exact) mass is 286 g/mol. The maximum atomic E-state index is 3.87. The summed E-state index contributed by atoms with van der Waals surface area (Å²) in [5.41, 5.74) is 2.90. The predicted molar refractivity (Wildman–Crippen MR) is 86.0 cm³/mol. The lowest BCUT2D eigenvalue weighted by molar-refractivity contribution is 0.420. The lowest BCUT2D eigenvalue weighted by atomic mass is 9.98. The molecule has 1 aromatic carbocycles. The van der Waals surface area contributed by atoms with E-state index in [4.69, 9.17) is 0 Å². The van der Waals surface area contributed by atoms with Gasteiger partial charge in [-0.1, -0.05) is 37.3 Å². The van der Waals surface area contributed by atoms with Crippen LogP contribution in [0.25, 0.3) is 0 Å². The van der Waals surface area contributed by atoms with Crippen molar-refractivity contribution in [2.75, 3.05) is 6.54 Å². The first kappa shape index (κ1) is 13.8. The molecule has 1 aliphatic heterocycles. The zero-order valence-electron chi connectivity index (χ0n) is 11.9. The fourth-order valence-corrected chi connectivity index (χ4v) is 3.84. The van der Waals surface area contributed by atoms with Crippen molar-refractivity contribution in [3.8, 4) is 0 Å². The van der Waals surface area contributed by atoms with Gasteiger partial charge in [0.25, 0.3) is 0 Å². The fraction of sp³-hybridized carbons (Fsp3) is 0.412. The van der Waals surface area contributed by atoms with Crippen molar-refractivity contribution >= 4 is 11.3 Å². The number of rotatable bonds is 4. The van der Waals surface area contributed by atoms with Crippen LogP contribution >= 0.6 is 11.3 Å². The molecule has 2 heterocycles. The van der Waals surface area contributed by atoms with Gasteiger partial charge in [0.1, 0.15) is 0 Å². The minimum Gasteiger partial charge on any atom is -0.313 e. The highest BCUT2D eigenvalue weighted by Gasteiger charge is 2.21. The van der Waals surface area contributed by atoms with Gasteiger partial charge in [-0.15, -0.1) is 11.3 Å². The Kier molecular flexibility index (Phi) is 4.51. The van der Waals surface area contributed by atoms with Gasteiger partial charge < -0.3 is 10.6 Å². The molecule has 2 aromatic rings. The normalized spacial score (nSPS) is 20.1. The molecule has 0 saturated heterocycles. The van der Waals surface area contributed by atoms with Gasteiger partial charge in [-0.3, -0.25) is 0 Å². The third kappa shape index (κ3) is 2.95. The Balaban J connectivity index is 1.82. The van der Waals surface area contributed by atoms with Crippen LogP contribution in [0.1, 0.15) is 47.9 Å². The molecular formula is C17H22N2S. The smallest absolute Gasteiger partial charge is 0.0417 e. The molecule has 0 radical (unpaired) electrons. The van der Waals surface area contributed by atoms with Crippen molar-refractivity contribution in [1.82, 2.24) is 10.6 Å². The summed E-state index contributed by atoms with van der Waals surface area (Å²) in [6, 6.07) is 14.1. The van der Waals surface area contributed by atoms with Gasteiger partial charge in [0.2, 0.25) is 0 Å². The van der Waals surface area contributed by atoms with Crippen LogP contribution in [0.4, 0.5) is 0 Å². The molecule has 0 amide bonds. The molecule has 2 atom stereocenters. The summed E-state index contributed by atoms with van der Waals surface area (Å²) in [5.74, 6) is 0. The molecule has 0 spiro atoms. The molecule has 2 unspecified atom stereocenters. The van der Waals surface area contributed by atoms with Crippen LogP contribution in [0.5, 0.6) is 0 Å². The zero-order valence-corrected chi connectivity index (χ0v) is 12.7. The van der Waals surface area contributed by atoms with Gasteiger partial charge in [0, 0.05) is 23.5 Å². The summed E-state index contributed by atoms with van der Waals surface area (Å²) >= 11 is 1.85. The van der Waals surface area contributed by atoms with Crippen molar-refractivity contribution in [1.29, 1.82) is 0 Å². The predicted octanol–water partition coefficient (Wildman–Crippen LogP) is 4.02. The van der Waals surface area contributed by atoms with E-state index in [9.17, 15) is 0 Å². The lowest BCUT2D eigenvalue weighted by Gasteiger charge is -2.25. The number of fused-ring (bicyclic) bond motifs is 1. The standard InChI is InChI=1S/C17H22N2S/c1-2-15(17-8-5-11-20-17)19-16-9-10-18-12-13-6-3-4-7-14(13)16/h3-8,11,15-16,18-19H,2,9-10,12H2,1H3. The fourth-order valence-electron chi connectivity index (χ4n) is 2.97. The van der Waals surface area contributed by atoms with Crippen LogP contribution in [-0.4, -0.2) is 6.54 Å². The number of thiophene rings is 1. The van der Waals surface area contributed by atoms with Crippen LogP contribution in [0.2, 0.25) is 0 Å². The Labute approximate surface area is 125 Å². The SMILES string of the molecule is CCC(NC1CCNCc2ccccc21)c1cccs1. The van der Waals surface area contributed by atoms with E-state index in [-0.39, 0.29) is 0 Å². The van der Waals surface area contributed by atoms with E-state index in [0.717, 1.165) is 25.9 Å². The Hall–Kier alpha value is -1.16. The third-order valence-electron chi connectivity index (χ3n) is 4.05. The highest BCUT2D eigenvalue weighted by Crippen LogP contribution is 2.29. The van der Waals surface area contributed by atoms with E-state index < -0.39 is 0 Å². The second-order valence-corrected chi connectivity index (χ2v) is 6.34. The summed E-state index contributed by atoms with van der Waals surface area (Å²) in [6.45, 7) is 4.33. The number of hydrogen-bond acceptors (Lipinski definition) is 3. The second-order valence-electron chi connectivity index (χ2n) is 5.36. The molecule has 1 aromatic heterocycles. The summed E-state index contributed by atoms with van der Waals surface area (Å²) in [6.07, 6.45) is 2.28. The first-order valence-electron chi connectivity index (χ1n) is 7.46. The molecule has 1 aliphatic rings. The molecule has 0 saturated carbocycles. The first-order chi connectivity index (χ1) is 9.88. The molecule has 0 bridgehead atoms. The largest absolute Gasteiger partial charge is 0.313 e. The van der Waals surface area contributed by atoms with E-state index in [1.54, 1.807) is 0 Å². The highest BCUT2D eigenvalue weighted by atomic mass is 32.1. The van der Waals surface area contributed by atoms with Crippen molar-refractivity contribution in [2.45, 2.75) is 38.4 Å². The van der Waals surface area contributed by atoms with E-state index in [0.29, 0.717) is 12.1 Å². The maximum absolute atomic E-state index is 3.87. The van der Waals surface area contributed by atoms with E-state index >= 15 is 0 Å². The van der Waals surface area contributed by atoms with Crippen molar-refractivity contribution in [2.24, 2.45) is 0 Å². The summed E-state index contributed by atoms with van der Waals surface area (Å²) in [4.78, 5) is 1.45. The average Bonchev–Trinajstić information content (AvgIpc) is 2.94. The van der Waals surface area contributed by atoms with Crippen molar-refractivity contribution in [3.63, 3.8) is 0 Å². The van der Waals surface area contributed by atoms with E-state index in [2.05, 4.69) is 59.3 Å². The summed E-state index contributed by atoms with van der Waals surface area (Å²) in [5, 5.41) is 9.57. The average molecular weight is 286 g/mol. The van der Waals surface area contributed by atoms with Gasteiger partial charge >= 0.3 is 0 Å². The first-order valence-corrected chi connectivity index (χ1v) is 8.34. The van der Waals surface area contributed by atoms with Crippen LogP contribution in [0.15, 0.2) is 41.8 Å². The molecule has 3 rings (SSSR count). The molecule has 106 valence electrons. The van der Waals surface area contributed by atoms with Gasteiger partial charge in [-0.05, 0) is 42.0 Å². The minimum absolute atomic E-state index is 0.452.